The van der Waals surface area contributed by atoms with Gasteiger partial charge in [0.15, 0.2) is 29.2 Å². The second-order valence-corrected chi connectivity index (χ2v) is 13.1. The van der Waals surface area contributed by atoms with Crippen molar-refractivity contribution in [2.45, 2.75) is 89.7 Å². The third kappa shape index (κ3) is 5.91. The molecule has 2 aromatic rings. The lowest BCUT2D eigenvalue weighted by molar-refractivity contribution is -0.176. The molecule has 0 radical (unpaired) electrons. The molecule has 15 nitrogen and oxygen atoms in total. The summed E-state index contributed by atoms with van der Waals surface area (Å²) >= 11 is 0. The monoisotopic (exact) mass is 583 g/mol. The summed E-state index contributed by atoms with van der Waals surface area (Å²) < 4.78 is 24.5. The first kappa shape index (κ1) is 30.4. The molecule has 0 amide bonds. The summed E-state index contributed by atoms with van der Waals surface area (Å²) in [4.78, 5) is 37.7. The van der Waals surface area contributed by atoms with Crippen LogP contribution < -0.4 is 15.4 Å². The minimum absolute atomic E-state index is 0.0634. The smallest absolute Gasteiger partial charge is 0.335 e. The molecule has 0 bridgehead atoms. The Labute approximate surface area is 232 Å². The predicted octanol–water partition coefficient (Wildman–Crippen LogP) is 1.00. The van der Waals surface area contributed by atoms with Gasteiger partial charge in [0.2, 0.25) is 11.8 Å². The summed E-state index contributed by atoms with van der Waals surface area (Å²) in [7, 11) is -0.999. The van der Waals surface area contributed by atoms with Gasteiger partial charge in [-0.3, -0.25) is 4.57 Å². The van der Waals surface area contributed by atoms with Crippen molar-refractivity contribution in [1.82, 2.24) is 24.2 Å². The number of aliphatic hydroxyl groups excluding tert-OH is 1. The molecule has 0 aromatic carbocycles. The van der Waals surface area contributed by atoms with Gasteiger partial charge >= 0.3 is 5.97 Å². The van der Waals surface area contributed by atoms with E-state index in [0.29, 0.717) is 24.9 Å². The Hall–Kier alpha value is -2.52. The Morgan fingerprint density at radius 3 is 2.70 bits per heavy atom. The molecule has 40 heavy (non-hydrogen) atoms. The number of nitrogens with two attached hydrogens (primary N) is 1. The Bertz CT molecular complexity index is 1280. The Morgan fingerprint density at radius 1 is 1.38 bits per heavy atom. The topological polar surface area (TPSA) is 214 Å². The molecule has 2 saturated heterocycles. The van der Waals surface area contributed by atoms with E-state index in [1.165, 1.54) is 36.5 Å². The maximum Gasteiger partial charge on any atom is 0.335 e. The summed E-state index contributed by atoms with van der Waals surface area (Å²) in [6.45, 7) is 8.88. The highest BCUT2D eigenvalue weighted by atomic mass is 31.1. The molecule has 5 N–H and O–H groups in total. The third-order valence-corrected chi connectivity index (χ3v) is 8.60. The van der Waals surface area contributed by atoms with Crippen molar-refractivity contribution in [2.24, 2.45) is 10.2 Å². The number of aliphatic hydroxyl groups is 2. The van der Waals surface area contributed by atoms with Gasteiger partial charge in [0, 0.05) is 6.54 Å². The average Bonchev–Trinajstić information content (AvgIpc) is 3.53. The van der Waals surface area contributed by atoms with E-state index in [9.17, 15) is 25.0 Å². The number of carboxylic acids is 1. The molecule has 222 valence electrons. The molecule has 16 heteroatoms. The average molecular weight is 584 g/mol. The standard InChI is InChI=1S/C24H38N7O8P/c1-22(2,3)11-23(4,20(33)34)29-40(36)31-9-7-8-14(31)38-10-13-16(32)24(5,35)19(39-13)30-12-26-15-17(30)27-21(25)28-18(15)37-6/h12-14,16,19,32,35H,7-11H2,1-6H3,(H,33,34)(H2,25,27,28)/t13-,14?,16-,19-,23+,24-/m1/s1. The second kappa shape index (κ2) is 11.0. The minimum Gasteiger partial charge on any atom is -0.595 e. The maximum atomic E-state index is 13.2. The minimum atomic E-state index is -2.42. The fourth-order valence-corrected chi connectivity index (χ4v) is 6.69. The van der Waals surface area contributed by atoms with Gasteiger partial charge in [-0.15, -0.1) is 0 Å². The van der Waals surface area contributed by atoms with Crippen molar-refractivity contribution < 1.29 is 39.2 Å². The summed E-state index contributed by atoms with van der Waals surface area (Å²) in [6.07, 6.45) is -1.25. The van der Waals surface area contributed by atoms with Crippen molar-refractivity contribution in [1.29, 1.82) is 0 Å². The van der Waals surface area contributed by atoms with Crippen molar-refractivity contribution in [2.75, 3.05) is 26.0 Å². The van der Waals surface area contributed by atoms with Crippen LogP contribution >= 0.6 is 8.09 Å². The summed E-state index contributed by atoms with van der Waals surface area (Å²) in [5, 5.41) is 32.0. The highest BCUT2D eigenvalue weighted by molar-refractivity contribution is 7.36. The number of rotatable bonds is 9. The molecule has 7 atom stereocenters. The first-order valence-electron chi connectivity index (χ1n) is 13.0. The first-order valence-corrected chi connectivity index (χ1v) is 14.2. The number of hydrogen-bond acceptors (Lipinski definition) is 12. The summed E-state index contributed by atoms with van der Waals surface area (Å²) in [5.41, 5.74) is 2.72. The highest BCUT2D eigenvalue weighted by Gasteiger charge is 2.54. The molecule has 2 aliphatic heterocycles. The Balaban J connectivity index is 1.50. The van der Waals surface area contributed by atoms with Crippen LogP contribution in [0.3, 0.4) is 0 Å². The number of nitrogen functional groups attached to an aromatic ring is 1. The Kier molecular flexibility index (Phi) is 8.41. The van der Waals surface area contributed by atoms with Gasteiger partial charge in [-0.2, -0.15) is 9.97 Å². The molecule has 2 unspecified atom stereocenters. The van der Waals surface area contributed by atoms with Gasteiger partial charge in [0.25, 0.3) is 8.09 Å². The van der Waals surface area contributed by atoms with Crippen LogP contribution in [0, 0.1) is 5.41 Å². The fourth-order valence-electron chi connectivity index (χ4n) is 5.32. The quantitative estimate of drug-likeness (QED) is 0.304. The molecule has 2 fully saturated rings. The zero-order valence-corrected chi connectivity index (χ0v) is 24.4. The van der Waals surface area contributed by atoms with Crippen molar-refractivity contribution >= 4 is 31.2 Å². The number of methoxy groups -OCH3 is 1. The van der Waals surface area contributed by atoms with E-state index in [-0.39, 0.29) is 35.9 Å². The molecule has 4 heterocycles. The van der Waals surface area contributed by atoms with Gasteiger partial charge in [-0.1, -0.05) is 30.2 Å². The van der Waals surface area contributed by atoms with Crippen LogP contribution in [0.1, 0.15) is 60.1 Å². The van der Waals surface area contributed by atoms with Crippen LogP contribution in [0.15, 0.2) is 11.1 Å². The number of carbonyl (C=O) groups is 1. The number of ether oxygens (including phenoxy) is 3. The number of carboxylic acid groups (broad SMARTS) is 1. The molecule has 2 aliphatic rings. The molecule has 0 spiro atoms. The summed E-state index contributed by atoms with van der Waals surface area (Å²) in [5.74, 6) is -1.05. The van der Waals surface area contributed by atoms with Crippen molar-refractivity contribution in [3.63, 3.8) is 0 Å². The number of hydrogen-bond donors (Lipinski definition) is 4. The normalized spacial score (nSPS) is 29.7. The zero-order chi connectivity index (χ0) is 29.6. The molecule has 0 saturated carbocycles. The Morgan fingerprint density at radius 2 is 2.08 bits per heavy atom. The van der Waals surface area contributed by atoms with E-state index in [1.54, 1.807) is 0 Å². The highest BCUT2D eigenvalue weighted by Crippen LogP contribution is 2.42. The molecular formula is C24H38N7O8P. The number of aromatic nitrogens is 4. The van der Waals surface area contributed by atoms with Crippen LogP contribution in [-0.2, 0) is 14.3 Å². The van der Waals surface area contributed by atoms with Gasteiger partial charge < -0.3 is 40.2 Å². The number of imidazole rings is 1. The predicted molar refractivity (Wildman–Crippen MR) is 142 cm³/mol. The van der Waals surface area contributed by atoms with Crippen molar-refractivity contribution in [3.8, 4) is 5.88 Å². The van der Waals surface area contributed by atoms with Crippen molar-refractivity contribution in [3.05, 3.63) is 6.33 Å². The van der Waals surface area contributed by atoms with E-state index in [0.717, 1.165) is 0 Å². The number of nitrogens with zero attached hydrogens (tertiary/aromatic N) is 6. The SMILES string of the molecule is COc1nc(N)nc2c1ncn2[C@@H]1O[C@H](COC2CCCN2/[P+]([O-])=N/[C@@](C)(CC(C)(C)C)C(=O)O)[C@@H](O)[C@@]1(C)O. The largest absolute Gasteiger partial charge is 0.595 e. The van der Waals surface area contributed by atoms with Crippen LogP contribution in [-0.4, -0.2) is 95.3 Å². The number of aliphatic carboxylic acids is 1. The zero-order valence-electron chi connectivity index (χ0n) is 23.5. The van der Waals surface area contributed by atoms with E-state index in [2.05, 4.69) is 19.7 Å². The van der Waals surface area contributed by atoms with Crippen LogP contribution in [0.2, 0.25) is 0 Å². The molecular weight excluding hydrogens is 545 g/mol. The van der Waals surface area contributed by atoms with E-state index < -0.39 is 49.9 Å². The third-order valence-electron chi connectivity index (χ3n) is 7.09. The van der Waals surface area contributed by atoms with Crippen LogP contribution in [0.5, 0.6) is 5.88 Å². The van der Waals surface area contributed by atoms with Gasteiger partial charge in [-0.05, 0) is 38.5 Å². The maximum absolute atomic E-state index is 13.2. The lowest BCUT2D eigenvalue weighted by Gasteiger charge is -2.28. The molecule has 0 aliphatic carbocycles. The van der Waals surface area contributed by atoms with E-state index in [1.807, 2.05) is 20.8 Å². The lowest BCUT2D eigenvalue weighted by Crippen LogP contribution is -2.45. The van der Waals surface area contributed by atoms with E-state index >= 15 is 0 Å². The lowest BCUT2D eigenvalue weighted by atomic mass is 9.81. The summed E-state index contributed by atoms with van der Waals surface area (Å²) in [6, 6.07) is 0. The van der Waals surface area contributed by atoms with Gasteiger partial charge in [-0.25, -0.2) is 9.78 Å². The first-order chi connectivity index (χ1) is 18.6. The number of fused-ring (bicyclic) bond motifs is 1. The second-order valence-electron chi connectivity index (χ2n) is 11.9. The van der Waals surface area contributed by atoms with Gasteiger partial charge in [0.05, 0.1) is 20.0 Å². The van der Waals surface area contributed by atoms with Crippen LogP contribution in [0.4, 0.5) is 5.95 Å². The van der Waals surface area contributed by atoms with Crippen LogP contribution in [0.25, 0.3) is 11.2 Å². The van der Waals surface area contributed by atoms with E-state index in [4.69, 9.17) is 19.9 Å². The van der Waals surface area contributed by atoms with Gasteiger partial charge in [0.1, 0.15) is 17.8 Å². The fraction of sp³-hybridized carbons (Fsp3) is 0.750. The molecule has 4 rings (SSSR count). The molecule has 2 aromatic heterocycles. The number of anilines is 1.